The van der Waals surface area contributed by atoms with E-state index in [4.69, 9.17) is 9.47 Å². The van der Waals surface area contributed by atoms with Crippen molar-refractivity contribution in [1.29, 1.82) is 0 Å². The molecule has 1 amide bonds. The Labute approximate surface area is 136 Å². The van der Waals surface area contributed by atoms with E-state index in [0.29, 0.717) is 25.6 Å². The summed E-state index contributed by atoms with van der Waals surface area (Å²) < 4.78 is 11.8. The van der Waals surface area contributed by atoms with Crippen molar-refractivity contribution in [2.24, 2.45) is 5.92 Å². The second kappa shape index (κ2) is 6.69. The smallest absolute Gasteiger partial charge is 0.264 e. The van der Waals surface area contributed by atoms with Crippen LogP contribution in [-0.2, 0) is 9.47 Å². The number of rotatable bonds is 4. The molecule has 2 fully saturated rings. The molecule has 1 aliphatic heterocycles. The van der Waals surface area contributed by atoms with Crippen LogP contribution in [0.25, 0.3) is 0 Å². The van der Waals surface area contributed by atoms with Crippen molar-refractivity contribution >= 4 is 17.2 Å². The van der Waals surface area contributed by atoms with Gasteiger partial charge in [0, 0.05) is 19.1 Å². The number of carbonyl (C=O) groups excluding carboxylic acids is 1. The number of amides is 1. The number of morpholine rings is 1. The lowest BCUT2D eigenvalue weighted by Crippen LogP contribution is -2.56. The van der Waals surface area contributed by atoms with Gasteiger partial charge in [-0.05, 0) is 43.7 Å². The quantitative estimate of drug-likeness (QED) is 0.854. The van der Waals surface area contributed by atoms with Crippen LogP contribution in [0.1, 0.15) is 41.4 Å². The van der Waals surface area contributed by atoms with Gasteiger partial charge in [0.25, 0.3) is 5.91 Å². The summed E-state index contributed by atoms with van der Waals surface area (Å²) in [5.74, 6) is 0.574. The predicted molar refractivity (Wildman–Crippen MR) is 87.5 cm³/mol. The first kappa shape index (κ1) is 16.0. The Morgan fingerprint density at radius 2 is 2.45 bits per heavy atom. The van der Waals surface area contributed by atoms with E-state index < -0.39 is 0 Å². The van der Waals surface area contributed by atoms with Crippen LogP contribution in [0.4, 0.5) is 0 Å². The van der Waals surface area contributed by atoms with Gasteiger partial charge in [-0.2, -0.15) is 0 Å². The van der Waals surface area contributed by atoms with Gasteiger partial charge in [-0.25, -0.2) is 0 Å². The zero-order valence-electron chi connectivity index (χ0n) is 13.5. The van der Waals surface area contributed by atoms with Crippen molar-refractivity contribution in [3.8, 4) is 0 Å². The molecule has 1 saturated carbocycles. The number of nitrogens with zero attached hydrogens (tertiary/aromatic N) is 1. The Morgan fingerprint density at radius 1 is 1.59 bits per heavy atom. The first-order valence-electron chi connectivity index (χ1n) is 8.21. The number of thiophene rings is 1. The van der Waals surface area contributed by atoms with Crippen LogP contribution in [0.2, 0.25) is 0 Å². The normalized spacial score (nSPS) is 28.5. The number of aryl methyl sites for hydroxylation is 1. The summed E-state index contributed by atoms with van der Waals surface area (Å²) in [4.78, 5) is 15.7. The molecule has 3 rings (SSSR count). The van der Waals surface area contributed by atoms with Gasteiger partial charge in [0.2, 0.25) is 0 Å². The van der Waals surface area contributed by atoms with E-state index in [9.17, 15) is 4.79 Å². The molecule has 5 heteroatoms. The summed E-state index contributed by atoms with van der Waals surface area (Å²) in [6.45, 7) is 7.56. The first-order valence-corrected chi connectivity index (χ1v) is 9.09. The fraction of sp³-hybridized carbons (Fsp3) is 0.706. The Balaban J connectivity index is 1.73. The van der Waals surface area contributed by atoms with Crippen molar-refractivity contribution in [2.75, 3.05) is 32.9 Å². The molecule has 0 bridgehead atoms. The number of carbonyl (C=O) groups is 1. The SMILES string of the molecule is CCOC[C@H]1CCC[C@]12CN(C(=O)c1sccc1C)CCO2. The average molecular weight is 323 g/mol. The van der Waals surface area contributed by atoms with E-state index >= 15 is 0 Å². The molecule has 22 heavy (non-hydrogen) atoms. The summed E-state index contributed by atoms with van der Waals surface area (Å²) in [7, 11) is 0. The van der Waals surface area contributed by atoms with Gasteiger partial charge >= 0.3 is 0 Å². The summed E-state index contributed by atoms with van der Waals surface area (Å²) in [6.07, 6.45) is 3.34. The van der Waals surface area contributed by atoms with E-state index in [-0.39, 0.29) is 11.5 Å². The lowest BCUT2D eigenvalue weighted by Gasteiger charge is -2.44. The van der Waals surface area contributed by atoms with Crippen LogP contribution in [0.5, 0.6) is 0 Å². The minimum Gasteiger partial charge on any atom is -0.381 e. The fourth-order valence-electron chi connectivity index (χ4n) is 3.72. The zero-order valence-corrected chi connectivity index (χ0v) is 14.3. The molecule has 122 valence electrons. The van der Waals surface area contributed by atoms with Crippen molar-refractivity contribution in [1.82, 2.24) is 4.90 Å². The largest absolute Gasteiger partial charge is 0.381 e. The second-order valence-electron chi connectivity index (χ2n) is 6.32. The van der Waals surface area contributed by atoms with Crippen LogP contribution in [0.3, 0.4) is 0 Å². The standard InChI is InChI=1S/C17H25NO3S/c1-3-20-11-14-5-4-7-17(14)12-18(8-9-21-17)16(19)15-13(2)6-10-22-15/h6,10,14H,3-5,7-9,11-12H2,1-2H3/t14-,17+/m1/s1. The van der Waals surface area contributed by atoms with Gasteiger partial charge in [0.05, 0.1) is 30.2 Å². The molecule has 2 atom stereocenters. The van der Waals surface area contributed by atoms with Crippen molar-refractivity contribution in [3.63, 3.8) is 0 Å². The van der Waals surface area contributed by atoms with Crippen LogP contribution in [-0.4, -0.2) is 49.3 Å². The van der Waals surface area contributed by atoms with Gasteiger partial charge in [0.1, 0.15) is 0 Å². The predicted octanol–water partition coefficient (Wildman–Crippen LogP) is 3.10. The van der Waals surface area contributed by atoms with Crippen LogP contribution >= 0.6 is 11.3 Å². The third-order valence-electron chi connectivity index (χ3n) is 4.97. The summed E-state index contributed by atoms with van der Waals surface area (Å²) >= 11 is 1.54. The average Bonchev–Trinajstić information content (AvgIpc) is 3.11. The Bertz CT molecular complexity index is 530. The van der Waals surface area contributed by atoms with Gasteiger partial charge in [-0.1, -0.05) is 6.42 Å². The molecule has 1 aliphatic carbocycles. The van der Waals surface area contributed by atoms with Gasteiger partial charge in [0.15, 0.2) is 0 Å². The van der Waals surface area contributed by atoms with Crippen molar-refractivity contribution in [2.45, 2.75) is 38.7 Å². The van der Waals surface area contributed by atoms with Gasteiger partial charge in [-0.15, -0.1) is 11.3 Å². The highest BCUT2D eigenvalue weighted by atomic mass is 32.1. The van der Waals surface area contributed by atoms with E-state index in [2.05, 4.69) is 0 Å². The molecule has 4 nitrogen and oxygen atoms in total. The highest BCUT2D eigenvalue weighted by Crippen LogP contribution is 2.41. The van der Waals surface area contributed by atoms with Crippen LogP contribution in [0, 0.1) is 12.8 Å². The maximum absolute atomic E-state index is 12.8. The molecular weight excluding hydrogens is 298 g/mol. The number of hydrogen-bond acceptors (Lipinski definition) is 4. The van der Waals surface area contributed by atoms with E-state index in [1.165, 1.54) is 0 Å². The highest BCUT2D eigenvalue weighted by molar-refractivity contribution is 7.12. The fourth-order valence-corrected chi connectivity index (χ4v) is 4.62. The molecule has 0 aromatic carbocycles. The molecule has 0 unspecified atom stereocenters. The molecule has 0 N–H and O–H groups in total. The first-order chi connectivity index (χ1) is 10.7. The molecule has 2 aliphatic rings. The van der Waals surface area contributed by atoms with E-state index in [0.717, 1.165) is 42.9 Å². The molecule has 0 radical (unpaired) electrons. The lowest BCUT2D eigenvalue weighted by atomic mass is 9.89. The molecule has 1 aromatic rings. The summed E-state index contributed by atoms with van der Waals surface area (Å²) in [5, 5.41) is 1.99. The van der Waals surface area contributed by atoms with Crippen LogP contribution < -0.4 is 0 Å². The topological polar surface area (TPSA) is 38.8 Å². The summed E-state index contributed by atoms with van der Waals surface area (Å²) in [6, 6.07) is 2.02. The monoisotopic (exact) mass is 323 g/mol. The Kier molecular flexibility index (Phi) is 4.85. The van der Waals surface area contributed by atoms with E-state index in [1.807, 2.05) is 30.2 Å². The summed E-state index contributed by atoms with van der Waals surface area (Å²) in [5.41, 5.74) is 0.890. The van der Waals surface area contributed by atoms with Crippen LogP contribution in [0.15, 0.2) is 11.4 Å². The minimum absolute atomic E-state index is 0.164. The molecule has 2 heterocycles. The molecule has 1 saturated heterocycles. The molecule has 1 aromatic heterocycles. The maximum atomic E-state index is 12.8. The number of hydrogen-bond donors (Lipinski definition) is 0. The molecular formula is C17H25NO3S. The Morgan fingerprint density at radius 3 is 3.18 bits per heavy atom. The Hall–Kier alpha value is -0.910. The number of ether oxygens (including phenoxy) is 2. The van der Waals surface area contributed by atoms with Crippen molar-refractivity contribution < 1.29 is 14.3 Å². The highest BCUT2D eigenvalue weighted by Gasteiger charge is 2.48. The third kappa shape index (κ3) is 2.94. The van der Waals surface area contributed by atoms with Gasteiger partial charge < -0.3 is 14.4 Å². The third-order valence-corrected chi connectivity index (χ3v) is 5.98. The minimum atomic E-state index is -0.186. The van der Waals surface area contributed by atoms with Gasteiger partial charge in [-0.3, -0.25) is 4.79 Å². The molecule has 1 spiro atoms. The van der Waals surface area contributed by atoms with E-state index in [1.54, 1.807) is 11.3 Å². The zero-order chi connectivity index (χ0) is 15.6. The maximum Gasteiger partial charge on any atom is 0.264 e. The lowest BCUT2D eigenvalue weighted by molar-refractivity contribution is -0.132. The second-order valence-corrected chi connectivity index (χ2v) is 7.24. The van der Waals surface area contributed by atoms with Crippen molar-refractivity contribution in [3.05, 3.63) is 21.9 Å².